The van der Waals surface area contributed by atoms with Crippen molar-refractivity contribution in [3.8, 4) is 11.5 Å². The van der Waals surface area contributed by atoms with Crippen molar-refractivity contribution in [2.75, 3.05) is 27.4 Å². The highest BCUT2D eigenvalue weighted by atomic mass is 16.5. The minimum atomic E-state index is 0.363. The van der Waals surface area contributed by atoms with Gasteiger partial charge in [-0.1, -0.05) is 50.3 Å². The summed E-state index contributed by atoms with van der Waals surface area (Å²) >= 11 is 0. The molecule has 0 aliphatic carbocycles. The molecular formula is C24H32O4. The van der Waals surface area contributed by atoms with Gasteiger partial charge in [-0.15, -0.1) is 0 Å². The third kappa shape index (κ3) is 8.15. The first kappa shape index (κ1) is 22.0. The quantitative estimate of drug-likeness (QED) is 0.468. The Labute approximate surface area is 169 Å². The molecule has 0 spiro atoms. The van der Waals surface area contributed by atoms with E-state index in [1.165, 1.54) is 0 Å². The second-order valence-electron chi connectivity index (χ2n) is 7.07. The molecule has 0 amide bonds. The molecule has 2 aromatic carbocycles. The minimum absolute atomic E-state index is 0.363. The summed E-state index contributed by atoms with van der Waals surface area (Å²) in [5.41, 5.74) is 2.30. The molecule has 152 valence electrons. The number of rotatable bonds is 12. The molecule has 4 nitrogen and oxygen atoms in total. The van der Waals surface area contributed by atoms with Gasteiger partial charge in [-0.3, -0.25) is 0 Å². The van der Waals surface area contributed by atoms with Crippen LogP contribution in [0, 0.1) is 11.8 Å². The zero-order valence-corrected chi connectivity index (χ0v) is 17.4. The van der Waals surface area contributed by atoms with Crippen molar-refractivity contribution in [1.29, 1.82) is 0 Å². The zero-order valence-electron chi connectivity index (χ0n) is 17.4. The fraction of sp³-hybridized carbons (Fsp3) is 0.417. The fourth-order valence-corrected chi connectivity index (χ4v) is 2.66. The van der Waals surface area contributed by atoms with Gasteiger partial charge >= 0.3 is 0 Å². The van der Waals surface area contributed by atoms with Crippen LogP contribution in [-0.4, -0.2) is 27.4 Å². The molecule has 0 fully saturated rings. The summed E-state index contributed by atoms with van der Waals surface area (Å²) in [7, 11) is 3.34. The Balaban J connectivity index is 1.61. The molecule has 0 N–H and O–H groups in total. The Morgan fingerprint density at radius 3 is 1.32 bits per heavy atom. The Morgan fingerprint density at radius 2 is 1.00 bits per heavy atom. The first-order chi connectivity index (χ1) is 13.6. The van der Waals surface area contributed by atoms with E-state index in [0.29, 0.717) is 38.3 Å². The summed E-state index contributed by atoms with van der Waals surface area (Å²) < 4.78 is 21.9. The van der Waals surface area contributed by atoms with Gasteiger partial charge in [0, 0.05) is 0 Å². The van der Waals surface area contributed by atoms with Crippen molar-refractivity contribution in [2.45, 2.75) is 27.1 Å². The van der Waals surface area contributed by atoms with E-state index in [9.17, 15) is 0 Å². The summed E-state index contributed by atoms with van der Waals surface area (Å²) in [5, 5.41) is 0. The molecule has 0 saturated carbocycles. The molecule has 2 aromatic rings. The van der Waals surface area contributed by atoms with Crippen LogP contribution in [0.4, 0.5) is 0 Å². The van der Waals surface area contributed by atoms with E-state index in [2.05, 4.69) is 26.0 Å². The number of hydrogen-bond acceptors (Lipinski definition) is 4. The highest BCUT2D eigenvalue weighted by Gasteiger charge is 2.03. The predicted octanol–water partition coefficient (Wildman–Crippen LogP) is 5.27. The van der Waals surface area contributed by atoms with Crippen molar-refractivity contribution in [2.24, 2.45) is 11.8 Å². The maximum absolute atomic E-state index is 5.81. The molecule has 4 heteroatoms. The van der Waals surface area contributed by atoms with E-state index in [0.717, 1.165) is 22.6 Å². The zero-order chi connectivity index (χ0) is 20.2. The Hall–Kier alpha value is -2.30. The molecule has 0 aromatic heterocycles. The van der Waals surface area contributed by atoms with E-state index in [1.807, 2.05) is 48.5 Å². The average Bonchev–Trinajstić information content (AvgIpc) is 2.73. The summed E-state index contributed by atoms with van der Waals surface area (Å²) in [5.74, 6) is 2.45. The van der Waals surface area contributed by atoms with Crippen LogP contribution in [0.2, 0.25) is 0 Å². The number of ether oxygens (including phenoxy) is 4. The van der Waals surface area contributed by atoms with Crippen molar-refractivity contribution < 1.29 is 18.9 Å². The van der Waals surface area contributed by atoms with Gasteiger partial charge in [0.25, 0.3) is 0 Å². The van der Waals surface area contributed by atoms with Gasteiger partial charge in [-0.2, -0.15) is 0 Å². The first-order valence-corrected chi connectivity index (χ1v) is 9.70. The molecule has 0 aliphatic heterocycles. The van der Waals surface area contributed by atoms with Crippen LogP contribution in [0.15, 0.2) is 60.7 Å². The topological polar surface area (TPSA) is 36.9 Å². The van der Waals surface area contributed by atoms with Crippen LogP contribution in [0.3, 0.4) is 0 Å². The van der Waals surface area contributed by atoms with Crippen molar-refractivity contribution in [3.05, 3.63) is 71.8 Å². The van der Waals surface area contributed by atoms with Crippen molar-refractivity contribution in [3.63, 3.8) is 0 Å². The Morgan fingerprint density at radius 1 is 0.643 bits per heavy atom. The molecule has 0 radical (unpaired) electrons. The number of hydrogen-bond donors (Lipinski definition) is 0. The standard InChI is InChI=1S/C24H32O4/c1-19(15-27-17-21-7-11-23(25-3)12-8-21)5-6-20(2)16-28-18-22-9-13-24(26-4)14-10-22/h5-14,19-20H,15-18H2,1-4H3/b6-5+/t19-,20-/m0/s1. The lowest BCUT2D eigenvalue weighted by atomic mass is 10.1. The summed E-state index contributed by atoms with van der Waals surface area (Å²) in [6.45, 7) is 6.94. The molecule has 0 saturated heterocycles. The molecule has 28 heavy (non-hydrogen) atoms. The normalized spacial score (nSPS) is 13.4. The van der Waals surface area contributed by atoms with Gasteiger partial charge in [0.05, 0.1) is 40.6 Å². The Bertz CT molecular complexity index is 630. The van der Waals surface area contributed by atoms with Gasteiger partial charge in [0.2, 0.25) is 0 Å². The van der Waals surface area contributed by atoms with Crippen molar-refractivity contribution >= 4 is 0 Å². The fourth-order valence-electron chi connectivity index (χ4n) is 2.66. The molecule has 0 bridgehead atoms. The molecule has 0 unspecified atom stereocenters. The van der Waals surface area contributed by atoms with Crippen LogP contribution in [0.5, 0.6) is 11.5 Å². The second kappa shape index (κ2) is 12.2. The third-order valence-corrected chi connectivity index (χ3v) is 4.39. The lowest BCUT2D eigenvalue weighted by molar-refractivity contribution is 0.100. The molecule has 0 aliphatic rings. The van der Waals surface area contributed by atoms with Crippen LogP contribution in [0.1, 0.15) is 25.0 Å². The highest BCUT2D eigenvalue weighted by molar-refractivity contribution is 5.27. The molecule has 0 heterocycles. The van der Waals surface area contributed by atoms with Crippen LogP contribution >= 0.6 is 0 Å². The summed E-state index contributed by atoms with van der Waals surface area (Å²) in [6.07, 6.45) is 4.41. The van der Waals surface area contributed by atoms with Crippen molar-refractivity contribution in [1.82, 2.24) is 0 Å². The SMILES string of the molecule is COc1ccc(COC[C@@H](C)/C=C/[C@H](C)COCc2ccc(OC)cc2)cc1. The first-order valence-electron chi connectivity index (χ1n) is 9.70. The van der Waals surface area contributed by atoms with Crippen LogP contribution in [0.25, 0.3) is 0 Å². The predicted molar refractivity (Wildman–Crippen MR) is 113 cm³/mol. The maximum Gasteiger partial charge on any atom is 0.118 e. The highest BCUT2D eigenvalue weighted by Crippen LogP contribution is 2.14. The van der Waals surface area contributed by atoms with E-state index >= 15 is 0 Å². The average molecular weight is 385 g/mol. The summed E-state index contributed by atoms with van der Waals surface area (Å²) in [4.78, 5) is 0. The summed E-state index contributed by atoms with van der Waals surface area (Å²) in [6, 6.07) is 15.9. The van der Waals surface area contributed by atoms with Gasteiger partial charge < -0.3 is 18.9 Å². The number of methoxy groups -OCH3 is 2. The van der Waals surface area contributed by atoms with Gasteiger partial charge in [0.15, 0.2) is 0 Å². The minimum Gasteiger partial charge on any atom is -0.497 e. The van der Waals surface area contributed by atoms with E-state index in [-0.39, 0.29) is 0 Å². The third-order valence-electron chi connectivity index (χ3n) is 4.39. The van der Waals surface area contributed by atoms with E-state index in [1.54, 1.807) is 14.2 Å². The van der Waals surface area contributed by atoms with Gasteiger partial charge in [0.1, 0.15) is 11.5 Å². The van der Waals surface area contributed by atoms with E-state index in [4.69, 9.17) is 18.9 Å². The van der Waals surface area contributed by atoms with Crippen LogP contribution < -0.4 is 9.47 Å². The molecular weight excluding hydrogens is 352 g/mol. The van der Waals surface area contributed by atoms with Crippen LogP contribution in [-0.2, 0) is 22.7 Å². The molecule has 2 rings (SSSR count). The lowest BCUT2D eigenvalue weighted by Crippen LogP contribution is -2.06. The lowest BCUT2D eigenvalue weighted by Gasteiger charge is -2.11. The van der Waals surface area contributed by atoms with E-state index < -0.39 is 0 Å². The Kier molecular flexibility index (Phi) is 9.60. The monoisotopic (exact) mass is 384 g/mol. The largest absolute Gasteiger partial charge is 0.497 e. The maximum atomic E-state index is 5.81. The van der Waals surface area contributed by atoms with Gasteiger partial charge in [-0.25, -0.2) is 0 Å². The number of benzene rings is 2. The molecule has 2 atom stereocenters. The second-order valence-corrected chi connectivity index (χ2v) is 7.07. The van der Waals surface area contributed by atoms with Gasteiger partial charge in [-0.05, 0) is 47.2 Å². The smallest absolute Gasteiger partial charge is 0.118 e.